The first-order valence-corrected chi connectivity index (χ1v) is 8.05. The fourth-order valence-electron chi connectivity index (χ4n) is 3.05. The van der Waals surface area contributed by atoms with E-state index in [1.807, 2.05) is 48.7 Å². The Hall–Kier alpha value is -3.27. The quantitative estimate of drug-likeness (QED) is 0.579. The van der Waals surface area contributed by atoms with Crippen molar-refractivity contribution in [3.05, 3.63) is 66.0 Å². The molecule has 0 bridgehead atoms. The molecule has 0 saturated carbocycles. The molecule has 0 radical (unpaired) electrons. The van der Waals surface area contributed by atoms with E-state index in [-0.39, 0.29) is 0 Å². The van der Waals surface area contributed by atoms with E-state index in [2.05, 4.69) is 28.2 Å². The van der Waals surface area contributed by atoms with Gasteiger partial charge < -0.3 is 14.5 Å². The van der Waals surface area contributed by atoms with Gasteiger partial charge in [0, 0.05) is 22.5 Å². The minimum absolute atomic E-state index is 0.710. The van der Waals surface area contributed by atoms with Crippen molar-refractivity contribution in [3.63, 3.8) is 0 Å². The van der Waals surface area contributed by atoms with Crippen LogP contribution in [0.4, 0.5) is 0 Å². The van der Waals surface area contributed by atoms with E-state index in [9.17, 15) is 0 Å². The number of ether oxygens (including phenoxy) is 2. The predicted molar refractivity (Wildman–Crippen MR) is 102 cm³/mol. The van der Waals surface area contributed by atoms with Gasteiger partial charge in [0.15, 0.2) is 11.5 Å². The molecule has 0 aliphatic rings. The van der Waals surface area contributed by atoms with Crippen molar-refractivity contribution in [1.29, 1.82) is 0 Å². The monoisotopic (exact) mass is 330 g/mol. The van der Waals surface area contributed by atoms with E-state index in [1.165, 1.54) is 10.8 Å². The summed E-state index contributed by atoms with van der Waals surface area (Å²) >= 11 is 0. The summed E-state index contributed by atoms with van der Waals surface area (Å²) < 4.78 is 10.6. The van der Waals surface area contributed by atoms with Crippen LogP contribution in [0.5, 0.6) is 11.5 Å². The number of pyridine rings is 1. The summed E-state index contributed by atoms with van der Waals surface area (Å²) in [6, 6.07) is 16.2. The molecule has 4 nitrogen and oxygen atoms in total. The Morgan fingerprint density at radius 1 is 0.880 bits per heavy atom. The predicted octanol–water partition coefficient (Wildman–Crippen LogP) is 4.90. The van der Waals surface area contributed by atoms with Crippen molar-refractivity contribution in [1.82, 2.24) is 9.97 Å². The number of benzene rings is 2. The molecular weight excluding hydrogens is 312 g/mol. The van der Waals surface area contributed by atoms with Gasteiger partial charge in [-0.3, -0.25) is 4.98 Å². The van der Waals surface area contributed by atoms with Crippen LogP contribution in [0.25, 0.3) is 34.0 Å². The Morgan fingerprint density at radius 3 is 2.56 bits per heavy atom. The zero-order valence-electron chi connectivity index (χ0n) is 14.1. The van der Waals surface area contributed by atoms with Gasteiger partial charge in [-0.15, -0.1) is 0 Å². The molecule has 0 fully saturated rings. The third-order valence-corrected chi connectivity index (χ3v) is 4.30. The lowest BCUT2D eigenvalue weighted by Crippen LogP contribution is -1.90. The van der Waals surface area contributed by atoms with Gasteiger partial charge in [0.05, 0.1) is 25.4 Å². The molecule has 124 valence electrons. The Balaban J connectivity index is 1.77. The standard InChI is InChI=1S/C21H18N2O2/c1-24-19-10-8-14(13-20(19)25-2)7-9-18-21-16(11-12-22-18)15-5-3-4-6-17(15)23-21/h3-13,23H,1-2H3. The summed E-state index contributed by atoms with van der Waals surface area (Å²) in [6.07, 6.45) is 5.88. The molecule has 2 aromatic heterocycles. The van der Waals surface area contributed by atoms with Crippen LogP contribution in [-0.2, 0) is 0 Å². The van der Waals surface area contributed by atoms with Gasteiger partial charge in [0.1, 0.15) is 0 Å². The molecule has 4 aromatic rings. The topological polar surface area (TPSA) is 47.1 Å². The number of aromatic amines is 1. The smallest absolute Gasteiger partial charge is 0.161 e. The molecule has 0 amide bonds. The van der Waals surface area contributed by atoms with Gasteiger partial charge in [0.2, 0.25) is 0 Å². The van der Waals surface area contributed by atoms with E-state index in [4.69, 9.17) is 9.47 Å². The van der Waals surface area contributed by atoms with Crippen LogP contribution in [0.3, 0.4) is 0 Å². The Kier molecular flexibility index (Phi) is 3.86. The first-order chi connectivity index (χ1) is 12.3. The van der Waals surface area contributed by atoms with Crippen LogP contribution in [0.1, 0.15) is 11.3 Å². The highest BCUT2D eigenvalue weighted by atomic mass is 16.5. The van der Waals surface area contributed by atoms with Gasteiger partial charge in [-0.05, 0) is 35.9 Å². The van der Waals surface area contributed by atoms with Crippen LogP contribution >= 0.6 is 0 Å². The van der Waals surface area contributed by atoms with Gasteiger partial charge in [0.25, 0.3) is 0 Å². The van der Waals surface area contributed by atoms with Crippen molar-refractivity contribution < 1.29 is 9.47 Å². The number of hydrogen-bond donors (Lipinski definition) is 1. The third kappa shape index (κ3) is 2.72. The Morgan fingerprint density at radius 2 is 1.72 bits per heavy atom. The third-order valence-electron chi connectivity index (χ3n) is 4.30. The summed E-state index contributed by atoms with van der Waals surface area (Å²) in [4.78, 5) is 7.98. The largest absolute Gasteiger partial charge is 0.493 e. The molecule has 2 heterocycles. The SMILES string of the molecule is COc1ccc(C=Cc2nccc3c2[nH]c2ccccc23)cc1OC. The Bertz CT molecular complexity index is 1080. The lowest BCUT2D eigenvalue weighted by Gasteiger charge is -2.07. The van der Waals surface area contributed by atoms with E-state index in [1.54, 1.807) is 14.2 Å². The summed E-state index contributed by atoms with van der Waals surface area (Å²) in [5.41, 5.74) is 4.09. The number of aromatic nitrogens is 2. The van der Waals surface area contributed by atoms with Crippen LogP contribution in [0.2, 0.25) is 0 Å². The number of nitrogens with zero attached hydrogens (tertiary/aromatic N) is 1. The van der Waals surface area contributed by atoms with Gasteiger partial charge in [-0.2, -0.15) is 0 Å². The minimum Gasteiger partial charge on any atom is -0.493 e. The molecule has 25 heavy (non-hydrogen) atoms. The zero-order valence-corrected chi connectivity index (χ0v) is 14.1. The molecule has 1 N–H and O–H groups in total. The molecule has 2 aromatic carbocycles. The summed E-state index contributed by atoms with van der Waals surface area (Å²) in [6.45, 7) is 0. The van der Waals surface area contributed by atoms with Crippen molar-refractivity contribution in [2.75, 3.05) is 14.2 Å². The first-order valence-electron chi connectivity index (χ1n) is 8.05. The summed E-state index contributed by atoms with van der Waals surface area (Å²) in [5.74, 6) is 1.43. The second-order valence-electron chi connectivity index (χ2n) is 5.74. The maximum Gasteiger partial charge on any atom is 0.161 e. The second kappa shape index (κ2) is 6.32. The normalized spacial score (nSPS) is 11.4. The maximum atomic E-state index is 5.36. The lowest BCUT2D eigenvalue weighted by atomic mass is 10.1. The number of fused-ring (bicyclic) bond motifs is 3. The summed E-state index contributed by atoms with van der Waals surface area (Å²) in [5, 5.41) is 2.39. The fourth-order valence-corrected chi connectivity index (χ4v) is 3.05. The van der Waals surface area contributed by atoms with Gasteiger partial charge >= 0.3 is 0 Å². The highest BCUT2D eigenvalue weighted by molar-refractivity contribution is 6.09. The van der Waals surface area contributed by atoms with Crippen molar-refractivity contribution >= 4 is 34.0 Å². The van der Waals surface area contributed by atoms with Crippen molar-refractivity contribution in [2.45, 2.75) is 0 Å². The molecule has 4 rings (SSSR count). The van der Waals surface area contributed by atoms with E-state index < -0.39 is 0 Å². The summed E-state index contributed by atoms with van der Waals surface area (Å²) in [7, 11) is 3.27. The van der Waals surface area contributed by atoms with E-state index in [0.717, 1.165) is 28.0 Å². The molecule has 0 spiro atoms. The minimum atomic E-state index is 0.710. The zero-order chi connectivity index (χ0) is 17.2. The van der Waals surface area contributed by atoms with Gasteiger partial charge in [-0.25, -0.2) is 0 Å². The van der Waals surface area contributed by atoms with E-state index in [0.29, 0.717) is 5.75 Å². The molecule has 0 aliphatic heterocycles. The van der Waals surface area contributed by atoms with Gasteiger partial charge in [-0.1, -0.05) is 30.3 Å². The second-order valence-corrected chi connectivity index (χ2v) is 5.74. The Labute approximate surface area is 145 Å². The first kappa shape index (κ1) is 15.3. The maximum absolute atomic E-state index is 5.36. The number of hydrogen-bond acceptors (Lipinski definition) is 3. The molecule has 0 aliphatic carbocycles. The molecule has 0 unspecified atom stereocenters. The van der Waals surface area contributed by atoms with Crippen LogP contribution in [-0.4, -0.2) is 24.2 Å². The highest BCUT2D eigenvalue weighted by Crippen LogP contribution is 2.29. The average Bonchev–Trinajstić information content (AvgIpc) is 3.05. The fraction of sp³-hybridized carbons (Fsp3) is 0.0952. The van der Waals surface area contributed by atoms with Crippen molar-refractivity contribution in [3.8, 4) is 11.5 Å². The number of para-hydroxylation sites is 1. The van der Waals surface area contributed by atoms with E-state index >= 15 is 0 Å². The molecule has 0 atom stereocenters. The number of rotatable bonds is 4. The van der Waals surface area contributed by atoms with Crippen LogP contribution in [0.15, 0.2) is 54.7 Å². The average molecular weight is 330 g/mol. The number of nitrogens with one attached hydrogen (secondary N) is 1. The number of methoxy groups -OCH3 is 2. The van der Waals surface area contributed by atoms with Crippen LogP contribution < -0.4 is 9.47 Å². The van der Waals surface area contributed by atoms with Crippen molar-refractivity contribution in [2.24, 2.45) is 0 Å². The van der Waals surface area contributed by atoms with Crippen LogP contribution in [0, 0.1) is 0 Å². The number of H-pyrrole nitrogens is 1. The lowest BCUT2D eigenvalue weighted by molar-refractivity contribution is 0.355. The molecule has 4 heteroatoms. The molecule has 0 saturated heterocycles. The molecular formula is C21H18N2O2. The highest BCUT2D eigenvalue weighted by Gasteiger charge is 2.07.